The topological polar surface area (TPSA) is 12.0 Å². The van der Waals surface area contributed by atoms with Crippen LogP contribution < -0.4 is 21.2 Å². The largest absolute Gasteiger partial charge is 0.384 e. The molecule has 0 amide bonds. The molecule has 40 heavy (non-hydrogen) atoms. The van der Waals surface area contributed by atoms with Gasteiger partial charge >= 0.3 is 0 Å². The predicted octanol–water partition coefficient (Wildman–Crippen LogP) is 7.83. The van der Waals surface area contributed by atoms with Crippen LogP contribution in [0.4, 0.5) is 5.69 Å². The van der Waals surface area contributed by atoms with Crippen molar-refractivity contribution in [3.05, 3.63) is 150 Å². The number of hydrogen-bond acceptors (Lipinski definition) is 2. The molecule has 0 radical (unpaired) electrons. The monoisotopic (exact) mass is 555 g/mol. The fourth-order valence-electron chi connectivity index (χ4n) is 6.95. The standard InChI is InChI=1S/C37H34NPS/c1-4-14-30(15-5-1)39(31-16-6-2-7-17-31)34-21-11-13-29-23-25-37(36(29)34)24-22-28-12-10-20-33(35(28)37)38-26-27-40-32-18-8-3-9-19-32/h1-21,38H,22-27H2/t37-/m1/s1. The average molecular weight is 556 g/mol. The van der Waals surface area contributed by atoms with E-state index in [1.807, 2.05) is 11.8 Å². The normalized spacial score (nSPS) is 17.2. The second-order valence-corrected chi connectivity index (χ2v) is 14.2. The number of aryl methyl sites for hydroxylation is 2. The minimum Gasteiger partial charge on any atom is -0.384 e. The Labute approximate surface area is 243 Å². The van der Waals surface area contributed by atoms with Gasteiger partial charge in [0.1, 0.15) is 0 Å². The van der Waals surface area contributed by atoms with Crippen LogP contribution in [0.2, 0.25) is 0 Å². The Morgan fingerprint density at radius 3 is 1.82 bits per heavy atom. The zero-order valence-electron chi connectivity index (χ0n) is 22.7. The van der Waals surface area contributed by atoms with Crippen LogP contribution in [0.5, 0.6) is 0 Å². The van der Waals surface area contributed by atoms with Crippen molar-refractivity contribution in [2.45, 2.75) is 36.0 Å². The van der Waals surface area contributed by atoms with E-state index in [0.717, 1.165) is 25.1 Å². The van der Waals surface area contributed by atoms with E-state index in [1.54, 1.807) is 22.0 Å². The van der Waals surface area contributed by atoms with Crippen molar-refractivity contribution >= 4 is 41.3 Å². The first-order valence-electron chi connectivity index (χ1n) is 14.4. The summed E-state index contributed by atoms with van der Waals surface area (Å²) >= 11 is 1.93. The number of rotatable bonds is 8. The van der Waals surface area contributed by atoms with Gasteiger partial charge in [-0.2, -0.15) is 0 Å². The van der Waals surface area contributed by atoms with E-state index < -0.39 is 7.92 Å². The van der Waals surface area contributed by atoms with Gasteiger partial charge in [-0.15, -0.1) is 11.8 Å². The third kappa shape index (κ3) is 4.68. The Balaban J connectivity index is 1.29. The summed E-state index contributed by atoms with van der Waals surface area (Å²) < 4.78 is 0. The highest BCUT2D eigenvalue weighted by Crippen LogP contribution is 2.56. The maximum Gasteiger partial charge on any atom is 0.0384 e. The molecule has 1 spiro atoms. The molecule has 0 aliphatic heterocycles. The molecule has 1 atom stereocenters. The van der Waals surface area contributed by atoms with Crippen molar-refractivity contribution in [1.82, 2.24) is 0 Å². The summed E-state index contributed by atoms with van der Waals surface area (Å²) in [6.45, 7) is 0.960. The minimum atomic E-state index is -0.653. The number of fused-ring (bicyclic) bond motifs is 4. The lowest BCUT2D eigenvalue weighted by Crippen LogP contribution is -2.32. The molecule has 0 unspecified atom stereocenters. The van der Waals surface area contributed by atoms with Gasteiger partial charge < -0.3 is 5.32 Å². The van der Waals surface area contributed by atoms with Crippen LogP contribution in [0.1, 0.15) is 35.1 Å². The summed E-state index contributed by atoms with van der Waals surface area (Å²) in [6, 6.07) is 47.3. The molecular formula is C37H34NPS. The first-order valence-corrected chi connectivity index (χ1v) is 16.7. The summed E-state index contributed by atoms with van der Waals surface area (Å²) in [5.74, 6) is 1.05. The van der Waals surface area contributed by atoms with E-state index in [-0.39, 0.29) is 5.41 Å². The molecule has 0 heterocycles. The van der Waals surface area contributed by atoms with Crippen LogP contribution >= 0.6 is 19.7 Å². The van der Waals surface area contributed by atoms with E-state index in [4.69, 9.17) is 0 Å². The molecule has 0 bridgehead atoms. The lowest BCUT2D eigenvalue weighted by molar-refractivity contribution is 0.510. The summed E-state index contributed by atoms with van der Waals surface area (Å²) in [5, 5.41) is 8.30. The van der Waals surface area contributed by atoms with Gasteiger partial charge in [0.15, 0.2) is 0 Å². The third-order valence-corrected chi connectivity index (χ3v) is 12.1. The zero-order valence-corrected chi connectivity index (χ0v) is 24.4. The second-order valence-electron chi connectivity index (χ2n) is 10.8. The molecule has 5 aromatic carbocycles. The van der Waals surface area contributed by atoms with E-state index >= 15 is 0 Å². The van der Waals surface area contributed by atoms with Crippen molar-refractivity contribution in [3.8, 4) is 0 Å². The van der Waals surface area contributed by atoms with Gasteiger partial charge in [-0.25, -0.2) is 0 Å². The molecule has 198 valence electrons. The van der Waals surface area contributed by atoms with Gasteiger partial charge in [0.2, 0.25) is 0 Å². The molecule has 5 aromatic rings. The molecule has 0 saturated heterocycles. The van der Waals surface area contributed by atoms with Crippen LogP contribution in [0.25, 0.3) is 0 Å². The number of nitrogens with one attached hydrogen (secondary N) is 1. The Bertz CT molecular complexity index is 1560. The predicted molar refractivity (Wildman–Crippen MR) is 175 cm³/mol. The lowest BCUT2D eigenvalue weighted by atomic mass is 9.76. The maximum absolute atomic E-state index is 3.89. The van der Waals surface area contributed by atoms with Gasteiger partial charge in [-0.1, -0.05) is 109 Å². The smallest absolute Gasteiger partial charge is 0.0384 e. The Morgan fingerprint density at radius 1 is 0.600 bits per heavy atom. The molecule has 0 aromatic heterocycles. The van der Waals surface area contributed by atoms with E-state index in [0.29, 0.717) is 0 Å². The highest BCUT2D eigenvalue weighted by molar-refractivity contribution is 7.99. The molecule has 2 aliphatic rings. The molecule has 3 heteroatoms. The van der Waals surface area contributed by atoms with Crippen molar-refractivity contribution in [2.75, 3.05) is 17.6 Å². The maximum atomic E-state index is 3.89. The molecule has 0 saturated carbocycles. The van der Waals surface area contributed by atoms with Gasteiger partial charge in [-0.3, -0.25) is 0 Å². The highest BCUT2D eigenvalue weighted by atomic mass is 32.2. The summed E-state index contributed by atoms with van der Waals surface area (Å²) in [4.78, 5) is 1.34. The molecule has 0 fully saturated rings. The van der Waals surface area contributed by atoms with E-state index in [2.05, 4.69) is 133 Å². The average Bonchev–Trinajstić information content (AvgIpc) is 3.59. The number of thioether (sulfide) groups is 1. The van der Waals surface area contributed by atoms with Crippen LogP contribution in [0, 0.1) is 0 Å². The first-order chi connectivity index (χ1) is 19.8. The second kappa shape index (κ2) is 11.3. The number of hydrogen-bond donors (Lipinski definition) is 1. The Kier molecular flexibility index (Phi) is 7.23. The molecule has 2 aliphatic carbocycles. The van der Waals surface area contributed by atoms with Crippen molar-refractivity contribution in [2.24, 2.45) is 0 Å². The first kappa shape index (κ1) is 25.6. The van der Waals surface area contributed by atoms with Gasteiger partial charge in [0.25, 0.3) is 0 Å². The molecule has 1 N–H and O–H groups in total. The van der Waals surface area contributed by atoms with Gasteiger partial charge in [0.05, 0.1) is 0 Å². The Morgan fingerprint density at radius 2 is 1.18 bits per heavy atom. The fourth-order valence-corrected chi connectivity index (χ4v) is 10.4. The molecule has 1 nitrogen and oxygen atoms in total. The van der Waals surface area contributed by atoms with Crippen LogP contribution in [-0.2, 0) is 18.3 Å². The molecular weight excluding hydrogens is 521 g/mol. The van der Waals surface area contributed by atoms with Crippen LogP contribution in [-0.4, -0.2) is 12.3 Å². The van der Waals surface area contributed by atoms with Gasteiger partial charge in [0, 0.05) is 28.3 Å². The number of anilines is 1. The van der Waals surface area contributed by atoms with Crippen molar-refractivity contribution in [3.63, 3.8) is 0 Å². The SMILES string of the molecule is c1ccc(SCCNc2cccc3c2[C@@]2(CC3)CCc3cccc(P(c4ccccc4)c4ccccc4)c32)cc1. The van der Waals surface area contributed by atoms with Crippen molar-refractivity contribution < 1.29 is 0 Å². The van der Waals surface area contributed by atoms with E-state index in [9.17, 15) is 0 Å². The zero-order chi connectivity index (χ0) is 26.8. The van der Waals surface area contributed by atoms with Gasteiger partial charge in [-0.05, 0) is 90.0 Å². The van der Waals surface area contributed by atoms with Crippen LogP contribution in [0.3, 0.4) is 0 Å². The minimum absolute atomic E-state index is 0.0849. The summed E-state index contributed by atoms with van der Waals surface area (Å²) in [5.41, 5.74) is 7.71. The highest BCUT2D eigenvalue weighted by Gasteiger charge is 2.48. The summed E-state index contributed by atoms with van der Waals surface area (Å²) in [7, 11) is -0.653. The number of benzene rings is 5. The third-order valence-electron chi connectivity index (χ3n) is 8.58. The molecule has 7 rings (SSSR count). The lowest BCUT2D eigenvalue weighted by Gasteiger charge is -2.33. The van der Waals surface area contributed by atoms with E-state index in [1.165, 1.54) is 39.6 Å². The van der Waals surface area contributed by atoms with Crippen molar-refractivity contribution in [1.29, 1.82) is 0 Å². The van der Waals surface area contributed by atoms with Crippen LogP contribution in [0.15, 0.2) is 132 Å². The fraction of sp³-hybridized carbons (Fsp3) is 0.189. The summed E-state index contributed by atoms with van der Waals surface area (Å²) in [6.07, 6.45) is 4.73. The Hall–Kier alpha value is -3.32. The quantitative estimate of drug-likeness (QED) is 0.119.